The lowest BCUT2D eigenvalue weighted by atomic mass is 9.84. The largest absolute Gasteiger partial charge is 0.379 e. The van der Waals surface area contributed by atoms with Crippen LogP contribution in [0.3, 0.4) is 0 Å². The van der Waals surface area contributed by atoms with Gasteiger partial charge in [-0.15, -0.1) is 0 Å². The fourth-order valence-electron chi connectivity index (χ4n) is 3.96. The number of hydrogen-bond acceptors (Lipinski definition) is 3. The lowest BCUT2D eigenvalue weighted by Gasteiger charge is -2.36. The summed E-state index contributed by atoms with van der Waals surface area (Å²) in [4.78, 5) is 23.9. The summed E-state index contributed by atoms with van der Waals surface area (Å²) in [7, 11) is 0. The molecule has 1 N–H and O–H groups in total. The van der Waals surface area contributed by atoms with Crippen LogP contribution < -0.4 is 5.32 Å². The second-order valence-corrected chi connectivity index (χ2v) is 7.87. The molecule has 1 heterocycles. The molecule has 0 aromatic heterocycles. The first kappa shape index (κ1) is 16.9. The summed E-state index contributed by atoms with van der Waals surface area (Å²) in [6.07, 6.45) is 10.4. The predicted octanol–water partition coefficient (Wildman–Crippen LogP) is 4.30. The number of aldehydes is 1. The lowest BCUT2D eigenvalue weighted by molar-refractivity contribution is -0.118. The average molecular weight is 325 g/mol. The Balaban J connectivity index is 1.93. The number of fused-ring (bicyclic) bond motifs is 1. The molecule has 3 heteroatoms. The number of nitrogens with one attached hydrogen (secondary N) is 1. The van der Waals surface area contributed by atoms with Crippen LogP contribution in [0.2, 0.25) is 0 Å². The van der Waals surface area contributed by atoms with Crippen molar-refractivity contribution in [2.45, 2.75) is 64.3 Å². The minimum absolute atomic E-state index is 0.0920. The van der Waals surface area contributed by atoms with E-state index < -0.39 is 0 Å². The molecule has 1 fully saturated rings. The van der Waals surface area contributed by atoms with E-state index in [0.717, 1.165) is 49.7 Å². The Kier molecular flexibility index (Phi) is 4.88. The van der Waals surface area contributed by atoms with Gasteiger partial charge in [-0.2, -0.15) is 0 Å². The maximum atomic E-state index is 12.8. The molecule has 24 heavy (non-hydrogen) atoms. The molecule has 0 amide bonds. The van der Waals surface area contributed by atoms with Crippen molar-refractivity contribution < 1.29 is 9.59 Å². The average Bonchev–Trinajstić information content (AvgIpc) is 2.83. The van der Waals surface area contributed by atoms with E-state index in [4.69, 9.17) is 0 Å². The van der Waals surface area contributed by atoms with E-state index in [1.165, 1.54) is 18.4 Å². The topological polar surface area (TPSA) is 46.2 Å². The summed E-state index contributed by atoms with van der Waals surface area (Å²) >= 11 is 0. The molecule has 0 radical (unpaired) electrons. The summed E-state index contributed by atoms with van der Waals surface area (Å²) in [6.45, 7) is 4.29. The first-order chi connectivity index (χ1) is 11.5. The maximum absolute atomic E-state index is 12.8. The van der Waals surface area contributed by atoms with Gasteiger partial charge in [-0.1, -0.05) is 37.8 Å². The van der Waals surface area contributed by atoms with E-state index in [2.05, 4.69) is 19.2 Å². The number of benzene rings is 1. The number of rotatable bonds is 3. The molecule has 2 aliphatic rings. The van der Waals surface area contributed by atoms with E-state index in [1.807, 2.05) is 18.2 Å². The highest BCUT2D eigenvalue weighted by Crippen LogP contribution is 2.31. The maximum Gasteiger partial charge on any atom is 0.160 e. The van der Waals surface area contributed by atoms with Crippen LogP contribution in [-0.2, 0) is 11.2 Å². The summed E-state index contributed by atoms with van der Waals surface area (Å²) in [6, 6.07) is 5.78. The van der Waals surface area contributed by atoms with Gasteiger partial charge in [-0.25, -0.2) is 0 Å². The first-order valence-electron chi connectivity index (χ1n) is 9.11. The van der Waals surface area contributed by atoms with Crippen molar-refractivity contribution in [3.05, 3.63) is 41.0 Å². The molecular formula is C21H27NO2. The van der Waals surface area contributed by atoms with Crippen molar-refractivity contribution in [1.82, 2.24) is 5.32 Å². The molecule has 1 aliphatic carbocycles. The molecule has 1 aromatic rings. The number of carbonyl (C=O) groups excluding carboxylic acids is 2. The van der Waals surface area contributed by atoms with Crippen molar-refractivity contribution in [3.8, 4) is 0 Å². The third kappa shape index (κ3) is 3.77. The smallest absolute Gasteiger partial charge is 0.160 e. The molecule has 0 spiro atoms. The van der Waals surface area contributed by atoms with Gasteiger partial charge in [0.2, 0.25) is 0 Å². The second kappa shape index (κ2) is 6.92. The minimum atomic E-state index is -0.0920. The van der Waals surface area contributed by atoms with Gasteiger partial charge in [-0.3, -0.25) is 9.59 Å². The van der Waals surface area contributed by atoms with Gasteiger partial charge < -0.3 is 5.32 Å². The molecule has 0 bridgehead atoms. The normalized spacial score (nSPS) is 22.3. The Hall–Kier alpha value is -1.90. The fraction of sp³-hybridized carbons (Fsp3) is 0.524. The standard InChI is InChI=1S/C21H27NO2/c1-21(2)13-17-10-9-15(14-23)11-18(17)19(22-21)12-20(24)16-7-5-3-4-6-8-16/h9-12,14,16,22H,3-8,13H2,1-2H3. The summed E-state index contributed by atoms with van der Waals surface area (Å²) in [5.41, 5.74) is 3.64. The van der Waals surface area contributed by atoms with Crippen LogP contribution in [0.4, 0.5) is 0 Å². The monoisotopic (exact) mass is 325 g/mol. The van der Waals surface area contributed by atoms with Crippen LogP contribution in [0, 0.1) is 5.92 Å². The quantitative estimate of drug-likeness (QED) is 0.512. The van der Waals surface area contributed by atoms with E-state index in [-0.39, 0.29) is 17.2 Å². The van der Waals surface area contributed by atoms with Crippen LogP contribution in [0.15, 0.2) is 24.3 Å². The van der Waals surface area contributed by atoms with Gasteiger partial charge in [0.05, 0.1) is 0 Å². The molecule has 3 nitrogen and oxygen atoms in total. The molecular weight excluding hydrogens is 298 g/mol. The van der Waals surface area contributed by atoms with Gasteiger partial charge in [0.1, 0.15) is 6.29 Å². The van der Waals surface area contributed by atoms with Gasteiger partial charge in [0, 0.05) is 34.4 Å². The van der Waals surface area contributed by atoms with E-state index in [1.54, 1.807) is 6.08 Å². The zero-order chi connectivity index (χ0) is 17.2. The third-order valence-corrected chi connectivity index (χ3v) is 5.21. The number of allylic oxidation sites excluding steroid dienone is 1. The minimum Gasteiger partial charge on any atom is -0.379 e. The molecule has 0 unspecified atom stereocenters. The summed E-state index contributed by atoms with van der Waals surface area (Å²) in [5.74, 6) is 0.393. The van der Waals surface area contributed by atoms with Gasteiger partial charge in [-0.05, 0) is 44.7 Å². The highest BCUT2D eigenvalue weighted by Gasteiger charge is 2.29. The lowest BCUT2D eigenvalue weighted by Crippen LogP contribution is -2.44. The van der Waals surface area contributed by atoms with Crippen molar-refractivity contribution in [2.24, 2.45) is 5.92 Å². The Labute approximate surface area is 144 Å². The fourth-order valence-corrected chi connectivity index (χ4v) is 3.96. The van der Waals surface area contributed by atoms with Crippen LogP contribution in [0.5, 0.6) is 0 Å². The van der Waals surface area contributed by atoms with Crippen LogP contribution in [0.1, 0.15) is 73.9 Å². The van der Waals surface area contributed by atoms with E-state index in [9.17, 15) is 9.59 Å². The molecule has 0 saturated heterocycles. The number of ketones is 1. The SMILES string of the molecule is CC1(C)Cc2ccc(C=O)cc2C(=CC(=O)C2CCCCCC2)N1. The molecule has 128 valence electrons. The van der Waals surface area contributed by atoms with E-state index >= 15 is 0 Å². The first-order valence-corrected chi connectivity index (χ1v) is 9.11. The molecule has 1 saturated carbocycles. The Morgan fingerprint density at radius 3 is 2.54 bits per heavy atom. The van der Waals surface area contributed by atoms with E-state index in [0.29, 0.717) is 5.56 Å². The molecule has 1 aromatic carbocycles. The van der Waals surface area contributed by atoms with Gasteiger partial charge >= 0.3 is 0 Å². The van der Waals surface area contributed by atoms with Crippen molar-refractivity contribution in [2.75, 3.05) is 0 Å². The zero-order valence-electron chi connectivity index (χ0n) is 14.7. The number of carbonyl (C=O) groups is 2. The summed E-state index contributed by atoms with van der Waals surface area (Å²) in [5, 5.41) is 3.51. The molecule has 3 rings (SSSR count). The molecule has 0 atom stereocenters. The second-order valence-electron chi connectivity index (χ2n) is 7.87. The zero-order valence-corrected chi connectivity index (χ0v) is 14.7. The van der Waals surface area contributed by atoms with Crippen LogP contribution in [0.25, 0.3) is 5.70 Å². The highest BCUT2D eigenvalue weighted by atomic mass is 16.1. The van der Waals surface area contributed by atoms with Crippen LogP contribution in [-0.4, -0.2) is 17.6 Å². The van der Waals surface area contributed by atoms with Gasteiger partial charge in [0.25, 0.3) is 0 Å². The Morgan fingerprint density at radius 1 is 1.17 bits per heavy atom. The van der Waals surface area contributed by atoms with Crippen molar-refractivity contribution >= 4 is 17.8 Å². The predicted molar refractivity (Wildman–Crippen MR) is 96.9 cm³/mol. The molecule has 1 aliphatic heterocycles. The van der Waals surface area contributed by atoms with Crippen molar-refractivity contribution in [3.63, 3.8) is 0 Å². The number of hydrogen-bond donors (Lipinski definition) is 1. The highest BCUT2D eigenvalue weighted by molar-refractivity contribution is 5.99. The summed E-state index contributed by atoms with van der Waals surface area (Å²) < 4.78 is 0. The van der Waals surface area contributed by atoms with Crippen molar-refractivity contribution in [1.29, 1.82) is 0 Å². The van der Waals surface area contributed by atoms with Crippen LogP contribution >= 0.6 is 0 Å². The van der Waals surface area contributed by atoms with Gasteiger partial charge in [0.15, 0.2) is 5.78 Å². The third-order valence-electron chi connectivity index (χ3n) is 5.21. The Morgan fingerprint density at radius 2 is 1.88 bits per heavy atom. The Bertz CT molecular complexity index is 664.